The molecular formula is C22H17N5. The van der Waals surface area contributed by atoms with Crippen molar-refractivity contribution in [3.8, 4) is 11.3 Å². The predicted octanol–water partition coefficient (Wildman–Crippen LogP) is 4.25. The number of para-hydroxylation sites is 1. The molecule has 5 heteroatoms. The summed E-state index contributed by atoms with van der Waals surface area (Å²) in [5.74, 6) is 0.382. The van der Waals surface area contributed by atoms with Gasteiger partial charge in [-0.3, -0.25) is 9.81 Å². The van der Waals surface area contributed by atoms with E-state index in [1.807, 2.05) is 66.9 Å². The molecule has 5 aromatic rings. The van der Waals surface area contributed by atoms with Crippen LogP contribution in [0.1, 0.15) is 5.56 Å². The molecule has 0 unspecified atom stereocenters. The van der Waals surface area contributed by atoms with Crippen LogP contribution in [0.15, 0.2) is 72.9 Å². The lowest BCUT2D eigenvalue weighted by Crippen LogP contribution is -2.17. The number of fused-ring (bicyclic) bond motifs is 5. The highest BCUT2D eigenvalue weighted by Crippen LogP contribution is 2.33. The Bertz CT molecular complexity index is 1330. The first-order valence-corrected chi connectivity index (χ1v) is 8.79. The summed E-state index contributed by atoms with van der Waals surface area (Å²) in [6.07, 6.45) is 2.02. The monoisotopic (exact) mass is 351 g/mol. The SMILES string of the molecule is CNC(=N)c1cccc(-c2nc3ccccc3c3nc4ccccn4c23)c1. The Morgan fingerprint density at radius 1 is 0.963 bits per heavy atom. The summed E-state index contributed by atoms with van der Waals surface area (Å²) < 4.78 is 2.08. The Morgan fingerprint density at radius 3 is 2.70 bits per heavy atom. The number of hydrogen-bond donors (Lipinski definition) is 2. The van der Waals surface area contributed by atoms with Gasteiger partial charge in [0.1, 0.15) is 17.0 Å². The van der Waals surface area contributed by atoms with Gasteiger partial charge in [0, 0.05) is 29.8 Å². The molecule has 0 amide bonds. The van der Waals surface area contributed by atoms with Crippen molar-refractivity contribution in [3.05, 3.63) is 78.5 Å². The fourth-order valence-corrected chi connectivity index (χ4v) is 3.52. The van der Waals surface area contributed by atoms with E-state index in [-0.39, 0.29) is 0 Å². The van der Waals surface area contributed by atoms with Gasteiger partial charge in [-0.05, 0) is 24.3 Å². The first kappa shape index (κ1) is 15.5. The lowest BCUT2D eigenvalue weighted by molar-refractivity contribution is 1.14. The smallest absolute Gasteiger partial charge is 0.137 e. The molecule has 0 aliphatic heterocycles. The number of imidazole rings is 1. The van der Waals surface area contributed by atoms with E-state index in [2.05, 4.69) is 15.8 Å². The molecule has 5 nitrogen and oxygen atoms in total. The molecule has 3 heterocycles. The molecule has 0 saturated heterocycles. The zero-order valence-corrected chi connectivity index (χ0v) is 14.8. The third-order valence-corrected chi connectivity index (χ3v) is 4.82. The van der Waals surface area contributed by atoms with Crippen LogP contribution < -0.4 is 5.32 Å². The van der Waals surface area contributed by atoms with Crippen molar-refractivity contribution in [2.24, 2.45) is 0 Å². The third-order valence-electron chi connectivity index (χ3n) is 4.82. The molecule has 3 aromatic heterocycles. The molecule has 0 spiro atoms. The number of rotatable bonds is 2. The Labute approximate surface area is 155 Å². The van der Waals surface area contributed by atoms with Gasteiger partial charge in [-0.2, -0.15) is 0 Å². The molecule has 0 saturated carbocycles. The van der Waals surface area contributed by atoms with E-state index < -0.39 is 0 Å². The van der Waals surface area contributed by atoms with E-state index in [1.54, 1.807) is 7.05 Å². The summed E-state index contributed by atoms with van der Waals surface area (Å²) >= 11 is 0. The molecule has 0 bridgehead atoms. The van der Waals surface area contributed by atoms with E-state index >= 15 is 0 Å². The molecular weight excluding hydrogens is 334 g/mol. The van der Waals surface area contributed by atoms with Crippen LogP contribution in [0.2, 0.25) is 0 Å². The van der Waals surface area contributed by atoms with Gasteiger partial charge in [-0.1, -0.05) is 42.5 Å². The van der Waals surface area contributed by atoms with Crippen molar-refractivity contribution in [1.29, 1.82) is 5.41 Å². The second-order valence-electron chi connectivity index (χ2n) is 6.42. The van der Waals surface area contributed by atoms with Gasteiger partial charge in [0.25, 0.3) is 0 Å². The van der Waals surface area contributed by atoms with Crippen LogP contribution in [0.25, 0.3) is 38.8 Å². The minimum Gasteiger partial charge on any atom is -0.373 e. The summed E-state index contributed by atoms with van der Waals surface area (Å²) in [5, 5.41) is 12.0. The fourth-order valence-electron chi connectivity index (χ4n) is 3.52. The number of aromatic nitrogens is 3. The van der Waals surface area contributed by atoms with E-state index in [9.17, 15) is 0 Å². The van der Waals surface area contributed by atoms with E-state index in [0.717, 1.165) is 44.4 Å². The largest absolute Gasteiger partial charge is 0.373 e. The quantitative estimate of drug-likeness (QED) is 0.369. The Kier molecular flexibility index (Phi) is 3.40. The van der Waals surface area contributed by atoms with Gasteiger partial charge in [0.2, 0.25) is 0 Å². The second-order valence-corrected chi connectivity index (χ2v) is 6.42. The highest BCUT2D eigenvalue weighted by Gasteiger charge is 2.16. The maximum atomic E-state index is 8.08. The van der Waals surface area contributed by atoms with Gasteiger partial charge >= 0.3 is 0 Å². The van der Waals surface area contributed by atoms with E-state index in [0.29, 0.717) is 5.84 Å². The zero-order chi connectivity index (χ0) is 18.4. The average Bonchev–Trinajstić information content (AvgIpc) is 3.12. The lowest BCUT2D eigenvalue weighted by atomic mass is 10.0. The summed E-state index contributed by atoms with van der Waals surface area (Å²) in [6, 6.07) is 22.0. The Hall–Kier alpha value is -3.73. The highest BCUT2D eigenvalue weighted by molar-refractivity contribution is 6.09. The number of amidine groups is 1. The first-order valence-electron chi connectivity index (χ1n) is 8.79. The molecule has 0 atom stereocenters. The molecule has 2 N–H and O–H groups in total. The van der Waals surface area contributed by atoms with Crippen LogP contribution in [-0.4, -0.2) is 27.3 Å². The summed E-state index contributed by atoms with van der Waals surface area (Å²) in [5.41, 5.74) is 6.39. The number of benzene rings is 2. The molecule has 0 aliphatic carbocycles. The Balaban J connectivity index is 1.92. The van der Waals surface area contributed by atoms with Crippen LogP contribution in [-0.2, 0) is 0 Å². The zero-order valence-electron chi connectivity index (χ0n) is 14.8. The lowest BCUT2D eigenvalue weighted by Gasteiger charge is -2.09. The van der Waals surface area contributed by atoms with Crippen molar-refractivity contribution >= 4 is 33.4 Å². The number of nitrogens with one attached hydrogen (secondary N) is 2. The third kappa shape index (κ3) is 2.36. The minimum absolute atomic E-state index is 0.382. The predicted molar refractivity (Wildman–Crippen MR) is 109 cm³/mol. The van der Waals surface area contributed by atoms with Crippen LogP contribution in [0.5, 0.6) is 0 Å². The van der Waals surface area contributed by atoms with Crippen LogP contribution >= 0.6 is 0 Å². The summed E-state index contributed by atoms with van der Waals surface area (Å²) in [4.78, 5) is 9.84. The van der Waals surface area contributed by atoms with Gasteiger partial charge in [0.05, 0.1) is 16.7 Å². The van der Waals surface area contributed by atoms with Crippen LogP contribution in [0, 0.1) is 5.41 Å². The number of pyridine rings is 2. The van der Waals surface area contributed by atoms with Crippen molar-refractivity contribution in [2.45, 2.75) is 0 Å². The van der Waals surface area contributed by atoms with Gasteiger partial charge in [0.15, 0.2) is 0 Å². The fraction of sp³-hybridized carbons (Fsp3) is 0.0455. The van der Waals surface area contributed by atoms with Crippen molar-refractivity contribution in [2.75, 3.05) is 7.05 Å². The molecule has 0 fully saturated rings. The molecule has 130 valence electrons. The number of hydrogen-bond acceptors (Lipinski definition) is 3. The summed E-state index contributed by atoms with van der Waals surface area (Å²) in [7, 11) is 1.76. The molecule has 0 radical (unpaired) electrons. The van der Waals surface area contributed by atoms with Crippen molar-refractivity contribution < 1.29 is 0 Å². The van der Waals surface area contributed by atoms with E-state index in [1.165, 1.54) is 0 Å². The topological polar surface area (TPSA) is 66.1 Å². The molecule has 2 aromatic carbocycles. The van der Waals surface area contributed by atoms with Crippen LogP contribution in [0.3, 0.4) is 0 Å². The Morgan fingerprint density at radius 2 is 1.81 bits per heavy atom. The van der Waals surface area contributed by atoms with Gasteiger partial charge in [-0.25, -0.2) is 9.97 Å². The summed E-state index contributed by atoms with van der Waals surface area (Å²) in [6.45, 7) is 0. The molecule has 0 aliphatic rings. The molecule has 27 heavy (non-hydrogen) atoms. The van der Waals surface area contributed by atoms with Crippen molar-refractivity contribution in [1.82, 2.24) is 19.7 Å². The van der Waals surface area contributed by atoms with Gasteiger partial charge in [-0.15, -0.1) is 0 Å². The van der Waals surface area contributed by atoms with E-state index in [4.69, 9.17) is 15.4 Å². The first-order chi connectivity index (χ1) is 13.3. The molecule has 5 rings (SSSR count). The maximum Gasteiger partial charge on any atom is 0.137 e. The highest BCUT2D eigenvalue weighted by atomic mass is 15.0. The maximum absolute atomic E-state index is 8.08. The van der Waals surface area contributed by atoms with Crippen LogP contribution in [0.4, 0.5) is 0 Å². The van der Waals surface area contributed by atoms with Crippen molar-refractivity contribution in [3.63, 3.8) is 0 Å². The standard InChI is InChI=1S/C22H17N5/c1-24-22(23)15-8-6-7-14(13-15)19-21-20(16-9-2-3-10-17(16)25-19)26-18-11-4-5-12-27(18)21/h2-13H,1H3,(H2,23,24). The van der Waals surface area contributed by atoms with Gasteiger partial charge < -0.3 is 5.32 Å². The number of nitrogens with zero attached hydrogens (tertiary/aromatic N) is 3. The average molecular weight is 351 g/mol. The normalized spacial score (nSPS) is 11.3. The minimum atomic E-state index is 0.382. The second kappa shape index (κ2) is 5.92.